The van der Waals surface area contributed by atoms with Gasteiger partial charge in [0.15, 0.2) is 0 Å². The number of hydrogen-bond donors (Lipinski definition) is 0. The number of ether oxygens (including phenoxy) is 3. The van der Waals surface area contributed by atoms with Crippen LogP contribution in [0.25, 0.3) is 0 Å². The molecule has 2 atom stereocenters. The van der Waals surface area contributed by atoms with E-state index in [1.165, 1.54) is 10.4 Å². The van der Waals surface area contributed by atoms with Gasteiger partial charge >= 0.3 is 5.97 Å². The number of esters is 1. The maximum atomic E-state index is 11.4. The fourth-order valence-electron chi connectivity index (χ4n) is 1.87. The summed E-state index contributed by atoms with van der Waals surface area (Å²) in [5, 5.41) is 2.04. The summed E-state index contributed by atoms with van der Waals surface area (Å²) in [4.78, 5) is 12.6. The number of carbonyl (C=O) groups is 1. The summed E-state index contributed by atoms with van der Waals surface area (Å²) in [6.07, 6.45) is 1.48. The highest BCUT2D eigenvalue weighted by atomic mass is 32.1. The molecule has 4 nitrogen and oxygen atoms in total. The highest BCUT2D eigenvalue weighted by Gasteiger charge is 2.24. The molecule has 0 aliphatic carbocycles. The molecule has 1 aliphatic heterocycles. The van der Waals surface area contributed by atoms with E-state index >= 15 is 0 Å². The molecule has 1 unspecified atom stereocenters. The molecule has 1 aromatic rings. The van der Waals surface area contributed by atoms with E-state index in [-0.39, 0.29) is 18.2 Å². The number of thiophene rings is 1. The maximum Gasteiger partial charge on any atom is 0.306 e. The SMILES string of the molecule is CCOC(=O)CCc1sccc1C(C)OC[C@H]1CO1. The Balaban J connectivity index is 1.83. The summed E-state index contributed by atoms with van der Waals surface area (Å²) in [7, 11) is 0. The second kappa shape index (κ2) is 7.03. The summed E-state index contributed by atoms with van der Waals surface area (Å²) >= 11 is 1.67. The van der Waals surface area contributed by atoms with Gasteiger partial charge in [0.05, 0.1) is 32.3 Å². The smallest absolute Gasteiger partial charge is 0.306 e. The van der Waals surface area contributed by atoms with Crippen LogP contribution in [0.15, 0.2) is 11.4 Å². The molecular weight excluding hydrogens is 264 g/mol. The third-order valence-corrected chi connectivity index (χ3v) is 4.01. The van der Waals surface area contributed by atoms with Crippen LogP contribution in [0.4, 0.5) is 0 Å². The Labute approximate surface area is 117 Å². The Morgan fingerprint density at radius 2 is 2.42 bits per heavy atom. The second-order valence-electron chi connectivity index (χ2n) is 4.54. The van der Waals surface area contributed by atoms with E-state index < -0.39 is 0 Å². The van der Waals surface area contributed by atoms with Crippen LogP contribution in [0.1, 0.15) is 36.8 Å². The van der Waals surface area contributed by atoms with Crippen molar-refractivity contribution in [2.24, 2.45) is 0 Å². The van der Waals surface area contributed by atoms with Crippen LogP contribution in [0.5, 0.6) is 0 Å². The minimum Gasteiger partial charge on any atom is -0.466 e. The quantitative estimate of drug-likeness (QED) is 0.544. The van der Waals surface area contributed by atoms with Crippen molar-refractivity contribution in [3.05, 3.63) is 21.9 Å². The Morgan fingerprint density at radius 3 is 3.11 bits per heavy atom. The average molecular weight is 284 g/mol. The molecule has 1 aliphatic rings. The van der Waals surface area contributed by atoms with Gasteiger partial charge < -0.3 is 14.2 Å². The molecule has 0 amide bonds. The lowest BCUT2D eigenvalue weighted by molar-refractivity contribution is -0.143. The van der Waals surface area contributed by atoms with Crippen LogP contribution in [-0.2, 0) is 25.4 Å². The predicted octanol–water partition coefficient (Wildman–Crippen LogP) is 2.72. The lowest BCUT2D eigenvalue weighted by atomic mass is 10.1. The summed E-state index contributed by atoms with van der Waals surface area (Å²) in [6.45, 7) is 5.76. The molecule has 0 bridgehead atoms. The van der Waals surface area contributed by atoms with E-state index in [0.29, 0.717) is 19.6 Å². The first-order valence-corrected chi connectivity index (χ1v) is 7.53. The first-order valence-electron chi connectivity index (χ1n) is 6.65. The van der Waals surface area contributed by atoms with Crippen molar-refractivity contribution < 1.29 is 19.0 Å². The van der Waals surface area contributed by atoms with Gasteiger partial charge in [0.25, 0.3) is 0 Å². The van der Waals surface area contributed by atoms with E-state index in [1.807, 2.05) is 19.2 Å². The number of rotatable bonds is 8. The minimum absolute atomic E-state index is 0.0487. The molecule has 0 saturated carbocycles. The van der Waals surface area contributed by atoms with E-state index in [9.17, 15) is 4.79 Å². The zero-order valence-electron chi connectivity index (χ0n) is 11.4. The Bertz CT molecular complexity index is 411. The Hall–Kier alpha value is -0.910. The largest absolute Gasteiger partial charge is 0.466 e. The molecule has 0 aromatic carbocycles. The minimum atomic E-state index is -0.137. The van der Waals surface area contributed by atoms with E-state index in [1.54, 1.807) is 11.3 Å². The van der Waals surface area contributed by atoms with Crippen LogP contribution in [0, 0.1) is 0 Å². The van der Waals surface area contributed by atoms with Crippen molar-refractivity contribution in [2.45, 2.75) is 38.9 Å². The highest BCUT2D eigenvalue weighted by Crippen LogP contribution is 2.28. The molecule has 0 radical (unpaired) electrons. The molecule has 1 saturated heterocycles. The average Bonchev–Trinajstić information content (AvgIpc) is 3.10. The van der Waals surface area contributed by atoms with Crippen LogP contribution in [-0.4, -0.2) is 31.9 Å². The first-order chi connectivity index (χ1) is 9.20. The summed E-state index contributed by atoms with van der Waals surface area (Å²) in [5.41, 5.74) is 1.18. The summed E-state index contributed by atoms with van der Waals surface area (Å²) < 4.78 is 15.8. The van der Waals surface area contributed by atoms with Gasteiger partial charge in [-0.15, -0.1) is 11.3 Å². The van der Waals surface area contributed by atoms with Gasteiger partial charge in [-0.05, 0) is 37.3 Å². The van der Waals surface area contributed by atoms with Gasteiger partial charge in [-0.3, -0.25) is 4.79 Å². The van der Waals surface area contributed by atoms with E-state index in [0.717, 1.165) is 13.0 Å². The monoisotopic (exact) mass is 284 g/mol. The lowest BCUT2D eigenvalue weighted by Crippen LogP contribution is -2.08. The molecule has 5 heteroatoms. The molecule has 2 rings (SSSR count). The summed E-state index contributed by atoms with van der Waals surface area (Å²) in [6, 6.07) is 2.07. The van der Waals surface area contributed by atoms with Gasteiger partial charge in [0, 0.05) is 4.88 Å². The van der Waals surface area contributed by atoms with Crippen LogP contribution in [0.2, 0.25) is 0 Å². The number of epoxide rings is 1. The van der Waals surface area contributed by atoms with Gasteiger partial charge in [-0.2, -0.15) is 0 Å². The first kappa shape index (κ1) is 14.5. The molecule has 1 aromatic heterocycles. The predicted molar refractivity (Wildman–Crippen MR) is 73.4 cm³/mol. The normalized spacial score (nSPS) is 19.2. The maximum absolute atomic E-state index is 11.4. The third kappa shape index (κ3) is 4.60. The van der Waals surface area contributed by atoms with Gasteiger partial charge in [-0.25, -0.2) is 0 Å². The van der Waals surface area contributed by atoms with Crippen molar-refractivity contribution in [1.82, 2.24) is 0 Å². The number of aryl methyl sites for hydroxylation is 1. The van der Waals surface area contributed by atoms with Gasteiger partial charge in [-0.1, -0.05) is 0 Å². The fraction of sp³-hybridized carbons (Fsp3) is 0.643. The van der Waals surface area contributed by atoms with Crippen LogP contribution >= 0.6 is 11.3 Å². The third-order valence-electron chi connectivity index (χ3n) is 3.01. The molecule has 2 heterocycles. The van der Waals surface area contributed by atoms with Crippen molar-refractivity contribution in [3.8, 4) is 0 Å². The van der Waals surface area contributed by atoms with Crippen LogP contribution in [0.3, 0.4) is 0 Å². The van der Waals surface area contributed by atoms with Crippen molar-refractivity contribution >= 4 is 17.3 Å². The highest BCUT2D eigenvalue weighted by molar-refractivity contribution is 7.10. The van der Waals surface area contributed by atoms with E-state index in [4.69, 9.17) is 14.2 Å². The lowest BCUT2D eigenvalue weighted by Gasteiger charge is -2.13. The van der Waals surface area contributed by atoms with Gasteiger partial charge in [0.2, 0.25) is 0 Å². The molecule has 0 spiro atoms. The summed E-state index contributed by atoms with van der Waals surface area (Å²) in [5.74, 6) is -0.137. The molecule has 0 N–H and O–H groups in total. The van der Waals surface area contributed by atoms with Crippen LogP contribution < -0.4 is 0 Å². The second-order valence-corrected chi connectivity index (χ2v) is 5.54. The number of carbonyl (C=O) groups excluding carboxylic acids is 1. The van der Waals surface area contributed by atoms with E-state index in [2.05, 4.69) is 6.07 Å². The molecule has 19 heavy (non-hydrogen) atoms. The Morgan fingerprint density at radius 1 is 1.63 bits per heavy atom. The zero-order chi connectivity index (χ0) is 13.7. The topological polar surface area (TPSA) is 48.1 Å². The fourth-order valence-corrected chi connectivity index (χ4v) is 2.84. The number of hydrogen-bond acceptors (Lipinski definition) is 5. The standard InChI is InChI=1S/C14H20O4S/c1-3-16-14(15)5-4-13-12(6-7-19-13)10(2)17-8-11-9-18-11/h6-7,10-11H,3-5,8-9H2,1-2H3/t10?,11-/m0/s1. The molecular formula is C14H20O4S. The molecule has 1 fully saturated rings. The molecule has 106 valence electrons. The van der Waals surface area contributed by atoms with Crippen molar-refractivity contribution in [3.63, 3.8) is 0 Å². The van der Waals surface area contributed by atoms with Gasteiger partial charge in [0.1, 0.15) is 6.10 Å². The Kier molecular flexibility index (Phi) is 5.36. The van der Waals surface area contributed by atoms with Crippen molar-refractivity contribution in [2.75, 3.05) is 19.8 Å². The van der Waals surface area contributed by atoms with Crippen molar-refractivity contribution in [1.29, 1.82) is 0 Å². The zero-order valence-corrected chi connectivity index (χ0v) is 12.2.